The SMILES string of the molecule is Cc1ccc(Cn2c(Cc3ccccc3)nc3ccccc32)cc1C. The Morgan fingerprint density at radius 1 is 0.760 bits per heavy atom. The van der Waals surface area contributed by atoms with Crippen LogP contribution in [0.15, 0.2) is 72.8 Å². The zero-order valence-electron chi connectivity index (χ0n) is 14.7. The Hall–Kier alpha value is -2.87. The highest BCUT2D eigenvalue weighted by atomic mass is 15.1. The van der Waals surface area contributed by atoms with Gasteiger partial charge in [-0.1, -0.05) is 60.7 Å². The number of hydrogen-bond donors (Lipinski definition) is 0. The van der Waals surface area contributed by atoms with Crippen LogP contribution in [0, 0.1) is 13.8 Å². The Labute approximate surface area is 148 Å². The second-order valence-electron chi connectivity index (χ2n) is 6.68. The van der Waals surface area contributed by atoms with Crippen LogP contribution >= 0.6 is 0 Å². The fourth-order valence-corrected chi connectivity index (χ4v) is 3.30. The van der Waals surface area contributed by atoms with Gasteiger partial charge in [-0.05, 0) is 48.2 Å². The smallest absolute Gasteiger partial charge is 0.114 e. The normalized spacial score (nSPS) is 11.1. The van der Waals surface area contributed by atoms with Gasteiger partial charge in [0.1, 0.15) is 5.82 Å². The van der Waals surface area contributed by atoms with Crippen LogP contribution < -0.4 is 0 Å². The predicted molar refractivity (Wildman–Crippen MR) is 104 cm³/mol. The molecule has 0 unspecified atom stereocenters. The van der Waals surface area contributed by atoms with E-state index in [0.29, 0.717) is 0 Å². The molecular formula is C23H22N2. The molecule has 0 aliphatic heterocycles. The molecule has 0 N–H and O–H groups in total. The van der Waals surface area contributed by atoms with Crippen LogP contribution in [0.2, 0.25) is 0 Å². The van der Waals surface area contributed by atoms with E-state index in [2.05, 4.69) is 91.2 Å². The third-order valence-corrected chi connectivity index (χ3v) is 4.85. The number of fused-ring (bicyclic) bond motifs is 1. The topological polar surface area (TPSA) is 17.8 Å². The molecule has 0 amide bonds. The van der Waals surface area contributed by atoms with Gasteiger partial charge in [-0.15, -0.1) is 0 Å². The van der Waals surface area contributed by atoms with Crippen molar-refractivity contribution in [3.8, 4) is 0 Å². The molecule has 0 radical (unpaired) electrons. The van der Waals surface area contributed by atoms with E-state index in [9.17, 15) is 0 Å². The third kappa shape index (κ3) is 3.20. The molecule has 3 aromatic carbocycles. The van der Waals surface area contributed by atoms with Gasteiger partial charge in [0.2, 0.25) is 0 Å². The molecular weight excluding hydrogens is 304 g/mol. The van der Waals surface area contributed by atoms with Gasteiger partial charge in [0.05, 0.1) is 11.0 Å². The molecule has 0 atom stereocenters. The van der Waals surface area contributed by atoms with E-state index in [4.69, 9.17) is 4.98 Å². The van der Waals surface area contributed by atoms with E-state index < -0.39 is 0 Å². The monoisotopic (exact) mass is 326 g/mol. The van der Waals surface area contributed by atoms with E-state index in [-0.39, 0.29) is 0 Å². The van der Waals surface area contributed by atoms with Crippen LogP contribution in [0.5, 0.6) is 0 Å². The van der Waals surface area contributed by atoms with E-state index in [0.717, 1.165) is 24.3 Å². The molecule has 25 heavy (non-hydrogen) atoms. The van der Waals surface area contributed by atoms with Gasteiger partial charge in [-0.25, -0.2) is 4.98 Å². The summed E-state index contributed by atoms with van der Waals surface area (Å²) in [6, 6.07) is 25.7. The Kier molecular flexibility index (Phi) is 4.10. The van der Waals surface area contributed by atoms with Gasteiger partial charge in [0.25, 0.3) is 0 Å². The van der Waals surface area contributed by atoms with Crippen molar-refractivity contribution in [3.63, 3.8) is 0 Å². The lowest BCUT2D eigenvalue weighted by Gasteiger charge is -2.11. The molecule has 1 heterocycles. The molecule has 0 fully saturated rings. The van der Waals surface area contributed by atoms with Crippen molar-refractivity contribution in [2.75, 3.05) is 0 Å². The number of aryl methyl sites for hydroxylation is 2. The van der Waals surface area contributed by atoms with Crippen molar-refractivity contribution in [2.45, 2.75) is 26.8 Å². The molecule has 2 heteroatoms. The summed E-state index contributed by atoms with van der Waals surface area (Å²) < 4.78 is 2.35. The summed E-state index contributed by atoms with van der Waals surface area (Å²) in [5.41, 5.74) is 7.55. The van der Waals surface area contributed by atoms with E-state index in [1.54, 1.807) is 0 Å². The molecule has 0 spiro atoms. The molecule has 0 aliphatic carbocycles. The van der Waals surface area contributed by atoms with Gasteiger partial charge >= 0.3 is 0 Å². The summed E-state index contributed by atoms with van der Waals surface area (Å²) in [5, 5.41) is 0. The van der Waals surface area contributed by atoms with Crippen molar-refractivity contribution < 1.29 is 0 Å². The minimum atomic E-state index is 0.848. The zero-order chi connectivity index (χ0) is 17.2. The molecule has 0 saturated heterocycles. The molecule has 2 nitrogen and oxygen atoms in total. The van der Waals surface area contributed by atoms with Crippen LogP contribution in [0.3, 0.4) is 0 Å². The summed E-state index contributed by atoms with van der Waals surface area (Å²) in [5.74, 6) is 1.12. The second-order valence-corrected chi connectivity index (χ2v) is 6.68. The predicted octanol–water partition coefficient (Wildman–Crippen LogP) is 5.29. The lowest BCUT2D eigenvalue weighted by Crippen LogP contribution is -2.06. The van der Waals surface area contributed by atoms with Gasteiger partial charge in [0.15, 0.2) is 0 Å². The first-order valence-electron chi connectivity index (χ1n) is 8.75. The quantitative estimate of drug-likeness (QED) is 0.498. The maximum absolute atomic E-state index is 4.91. The molecule has 1 aromatic heterocycles. The van der Waals surface area contributed by atoms with Crippen molar-refractivity contribution in [1.29, 1.82) is 0 Å². The Morgan fingerprint density at radius 3 is 2.32 bits per heavy atom. The number of para-hydroxylation sites is 2. The number of imidazole rings is 1. The van der Waals surface area contributed by atoms with Gasteiger partial charge in [-0.2, -0.15) is 0 Å². The first-order chi connectivity index (χ1) is 12.2. The average Bonchev–Trinajstić information content (AvgIpc) is 2.96. The van der Waals surface area contributed by atoms with Crippen LogP contribution in [-0.4, -0.2) is 9.55 Å². The van der Waals surface area contributed by atoms with Crippen molar-refractivity contribution >= 4 is 11.0 Å². The van der Waals surface area contributed by atoms with Crippen molar-refractivity contribution in [3.05, 3.63) is 101 Å². The highest BCUT2D eigenvalue weighted by molar-refractivity contribution is 5.76. The van der Waals surface area contributed by atoms with E-state index in [1.807, 2.05) is 0 Å². The van der Waals surface area contributed by atoms with Crippen LogP contribution in [0.4, 0.5) is 0 Å². The van der Waals surface area contributed by atoms with Gasteiger partial charge in [0, 0.05) is 13.0 Å². The fraction of sp³-hybridized carbons (Fsp3) is 0.174. The molecule has 4 rings (SSSR count). The van der Waals surface area contributed by atoms with E-state index in [1.165, 1.54) is 27.8 Å². The molecule has 124 valence electrons. The van der Waals surface area contributed by atoms with Crippen LogP contribution in [0.1, 0.15) is 28.1 Å². The Balaban J connectivity index is 1.77. The second kappa shape index (κ2) is 6.56. The largest absolute Gasteiger partial charge is 0.323 e. The number of hydrogen-bond acceptors (Lipinski definition) is 1. The van der Waals surface area contributed by atoms with Crippen LogP contribution in [-0.2, 0) is 13.0 Å². The fourth-order valence-electron chi connectivity index (χ4n) is 3.30. The third-order valence-electron chi connectivity index (χ3n) is 4.85. The summed E-state index contributed by atoms with van der Waals surface area (Å²) in [6.07, 6.45) is 0.848. The zero-order valence-corrected chi connectivity index (χ0v) is 14.7. The summed E-state index contributed by atoms with van der Waals surface area (Å²) in [7, 11) is 0. The Bertz CT molecular complexity index is 1010. The van der Waals surface area contributed by atoms with Crippen LogP contribution in [0.25, 0.3) is 11.0 Å². The lowest BCUT2D eigenvalue weighted by atomic mass is 10.1. The molecule has 0 bridgehead atoms. The number of aromatic nitrogens is 2. The van der Waals surface area contributed by atoms with Gasteiger partial charge in [-0.3, -0.25) is 0 Å². The number of nitrogens with zero attached hydrogens (tertiary/aromatic N) is 2. The maximum atomic E-state index is 4.91. The average molecular weight is 326 g/mol. The minimum Gasteiger partial charge on any atom is -0.323 e. The summed E-state index contributed by atoms with van der Waals surface area (Å²) in [4.78, 5) is 4.91. The first-order valence-corrected chi connectivity index (χ1v) is 8.75. The van der Waals surface area contributed by atoms with Crippen molar-refractivity contribution in [2.24, 2.45) is 0 Å². The first kappa shape index (κ1) is 15.6. The molecule has 4 aromatic rings. The van der Waals surface area contributed by atoms with Gasteiger partial charge < -0.3 is 4.57 Å². The molecule has 0 saturated carbocycles. The van der Waals surface area contributed by atoms with E-state index >= 15 is 0 Å². The summed E-state index contributed by atoms with van der Waals surface area (Å²) in [6.45, 7) is 5.19. The minimum absolute atomic E-state index is 0.848. The van der Waals surface area contributed by atoms with Crippen molar-refractivity contribution in [1.82, 2.24) is 9.55 Å². The highest BCUT2D eigenvalue weighted by Crippen LogP contribution is 2.21. The highest BCUT2D eigenvalue weighted by Gasteiger charge is 2.11. The maximum Gasteiger partial charge on any atom is 0.114 e. The standard InChI is InChI=1S/C23H22N2/c1-17-12-13-20(14-18(17)2)16-25-22-11-7-6-10-21(22)24-23(25)15-19-8-4-3-5-9-19/h3-14H,15-16H2,1-2H3. The molecule has 0 aliphatic rings. The number of benzene rings is 3. The Morgan fingerprint density at radius 2 is 1.52 bits per heavy atom. The number of rotatable bonds is 4. The summed E-state index contributed by atoms with van der Waals surface area (Å²) >= 11 is 0. The lowest BCUT2D eigenvalue weighted by molar-refractivity contribution is 0.761.